The number of hydrogen-bond donors (Lipinski definition) is 1. The van der Waals surface area contributed by atoms with Gasteiger partial charge in [0.05, 0.1) is 5.60 Å². The number of aliphatic hydroxyl groups is 1. The average molecular weight is 260 g/mol. The zero-order valence-electron chi connectivity index (χ0n) is 11.6. The number of rotatable bonds is 2. The molecule has 1 heterocycles. The molecule has 3 rings (SSSR count). The molecule has 2 aliphatic rings. The average Bonchev–Trinajstić information content (AvgIpc) is 2.50. The van der Waals surface area contributed by atoms with Crippen molar-refractivity contribution >= 4 is 0 Å². The largest absolute Gasteiger partial charge is 0.390 e. The molecule has 2 nitrogen and oxygen atoms in total. The quantitative estimate of drug-likeness (QED) is 0.882. The minimum Gasteiger partial charge on any atom is -0.390 e. The van der Waals surface area contributed by atoms with Gasteiger partial charge >= 0.3 is 0 Å². The van der Waals surface area contributed by atoms with Gasteiger partial charge in [-0.3, -0.25) is 0 Å². The highest BCUT2D eigenvalue weighted by Gasteiger charge is 2.40. The number of ether oxygens (including phenoxy) is 1. The Kier molecular flexibility index (Phi) is 3.90. The molecular formula is C17H24O2. The highest BCUT2D eigenvalue weighted by Crippen LogP contribution is 2.44. The smallest absolute Gasteiger partial charge is 0.0678 e. The summed E-state index contributed by atoms with van der Waals surface area (Å²) >= 11 is 0. The third-order valence-corrected chi connectivity index (χ3v) is 5.10. The Morgan fingerprint density at radius 3 is 2.21 bits per heavy atom. The first-order valence-corrected chi connectivity index (χ1v) is 7.63. The van der Waals surface area contributed by atoms with Gasteiger partial charge in [-0.15, -0.1) is 0 Å². The summed E-state index contributed by atoms with van der Waals surface area (Å²) < 4.78 is 5.41. The van der Waals surface area contributed by atoms with Crippen LogP contribution >= 0.6 is 0 Å². The van der Waals surface area contributed by atoms with Crippen LogP contribution in [0.5, 0.6) is 0 Å². The van der Waals surface area contributed by atoms with Gasteiger partial charge in [0.2, 0.25) is 0 Å². The van der Waals surface area contributed by atoms with Crippen molar-refractivity contribution in [1.29, 1.82) is 0 Å². The summed E-state index contributed by atoms with van der Waals surface area (Å²) in [4.78, 5) is 0. The molecule has 0 unspecified atom stereocenters. The van der Waals surface area contributed by atoms with Crippen LogP contribution in [0.3, 0.4) is 0 Å². The lowest BCUT2D eigenvalue weighted by atomic mass is 9.68. The topological polar surface area (TPSA) is 29.5 Å². The fourth-order valence-electron chi connectivity index (χ4n) is 3.82. The van der Waals surface area contributed by atoms with Crippen LogP contribution in [0.25, 0.3) is 0 Å². The molecule has 1 saturated heterocycles. The van der Waals surface area contributed by atoms with E-state index in [1.165, 1.54) is 5.56 Å². The molecule has 0 bridgehead atoms. The summed E-state index contributed by atoms with van der Waals surface area (Å²) in [6.45, 7) is 1.66. The highest BCUT2D eigenvalue weighted by molar-refractivity contribution is 5.20. The van der Waals surface area contributed by atoms with E-state index in [0.29, 0.717) is 11.8 Å². The minimum atomic E-state index is -0.422. The van der Waals surface area contributed by atoms with Gasteiger partial charge in [-0.05, 0) is 55.9 Å². The fourth-order valence-corrected chi connectivity index (χ4v) is 3.82. The maximum absolute atomic E-state index is 10.9. The van der Waals surface area contributed by atoms with Crippen molar-refractivity contribution < 1.29 is 9.84 Å². The summed E-state index contributed by atoms with van der Waals surface area (Å²) in [6.07, 6.45) is 6.23. The highest BCUT2D eigenvalue weighted by atomic mass is 16.5. The first kappa shape index (κ1) is 13.1. The molecule has 1 N–H and O–H groups in total. The molecular weight excluding hydrogens is 236 g/mol. The Bertz CT molecular complexity index is 387. The van der Waals surface area contributed by atoms with Crippen LogP contribution < -0.4 is 0 Å². The third-order valence-electron chi connectivity index (χ3n) is 5.10. The lowest BCUT2D eigenvalue weighted by molar-refractivity contribution is -0.0888. The molecule has 0 amide bonds. The lowest BCUT2D eigenvalue weighted by Gasteiger charge is -2.43. The van der Waals surface area contributed by atoms with E-state index in [9.17, 15) is 5.11 Å². The summed E-state index contributed by atoms with van der Waals surface area (Å²) in [6, 6.07) is 10.8. The minimum absolute atomic E-state index is 0.422. The third kappa shape index (κ3) is 2.85. The molecule has 104 valence electrons. The maximum atomic E-state index is 10.9. The second kappa shape index (κ2) is 5.64. The summed E-state index contributed by atoms with van der Waals surface area (Å²) in [5.41, 5.74) is 1.02. The van der Waals surface area contributed by atoms with Gasteiger partial charge in [0.1, 0.15) is 0 Å². The molecule has 1 saturated carbocycles. The van der Waals surface area contributed by atoms with Crippen LogP contribution in [0.15, 0.2) is 30.3 Å². The predicted molar refractivity (Wildman–Crippen MR) is 76.1 cm³/mol. The molecule has 1 aliphatic heterocycles. The van der Waals surface area contributed by atoms with Gasteiger partial charge in [0.25, 0.3) is 0 Å². The fraction of sp³-hybridized carbons (Fsp3) is 0.647. The SMILES string of the molecule is OC1(C2CCOCC2)CCC(c2ccccc2)CC1. The van der Waals surface area contributed by atoms with Crippen molar-refractivity contribution in [3.63, 3.8) is 0 Å². The monoisotopic (exact) mass is 260 g/mol. The Balaban J connectivity index is 1.62. The van der Waals surface area contributed by atoms with Crippen LogP contribution in [-0.4, -0.2) is 23.9 Å². The molecule has 1 aliphatic carbocycles. The van der Waals surface area contributed by atoms with Gasteiger partial charge < -0.3 is 9.84 Å². The molecule has 0 radical (unpaired) electrons. The van der Waals surface area contributed by atoms with E-state index in [0.717, 1.165) is 51.7 Å². The molecule has 19 heavy (non-hydrogen) atoms. The zero-order chi connectivity index (χ0) is 13.1. The molecule has 0 atom stereocenters. The van der Waals surface area contributed by atoms with Crippen molar-refractivity contribution in [3.8, 4) is 0 Å². The summed E-state index contributed by atoms with van der Waals surface area (Å²) in [5.74, 6) is 1.10. The van der Waals surface area contributed by atoms with Gasteiger partial charge in [-0.25, -0.2) is 0 Å². The Morgan fingerprint density at radius 2 is 1.58 bits per heavy atom. The van der Waals surface area contributed by atoms with Crippen LogP contribution in [0.2, 0.25) is 0 Å². The second-order valence-corrected chi connectivity index (χ2v) is 6.18. The van der Waals surface area contributed by atoms with Crippen LogP contribution in [0.4, 0.5) is 0 Å². The molecule has 0 aromatic heterocycles. The van der Waals surface area contributed by atoms with Gasteiger partial charge in [0, 0.05) is 13.2 Å². The van der Waals surface area contributed by atoms with Crippen molar-refractivity contribution in [2.45, 2.75) is 50.0 Å². The van der Waals surface area contributed by atoms with E-state index in [4.69, 9.17) is 4.74 Å². The van der Waals surface area contributed by atoms with Crippen molar-refractivity contribution in [2.24, 2.45) is 5.92 Å². The predicted octanol–water partition coefficient (Wildman–Crippen LogP) is 3.50. The van der Waals surface area contributed by atoms with Crippen molar-refractivity contribution in [2.75, 3.05) is 13.2 Å². The Hall–Kier alpha value is -0.860. The van der Waals surface area contributed by atoms with Crippen LogP contribution in [-0.2, 0) is 4.74 Å². The van der Waals surface area contributed by atoms with E-state index in [1.807, 2.05) is 0 Å². The maximum Gasteiger partial charge on any atom is 0.0678 e. The van der Waals surface area contributed by atoms with Crippen molar-refractivity contribution in [3.05, 3.63) is 35.9 Å². The van der Waals surface area contributed by atoms with E-state index >= 15 is 0 Å². The molecule has 1 aromatic rings. The summed E-state index contributed by atoms with van der Waals surface area (Å²) in [7, 11) is 0. The second-order valence-electron chi connectivity index (χ2n) is 6.18. The standard InChI is InChI=1S/C17H24O2/c18-17(16-8-12-19-13-9-16)10-6-15(7-11-17)14-4-2-1-3-5-14/h1-5,15-16,18H,6-13H2. The number of hydrogen-bond acceptors (Lipinski definition) is 2. The van der Waals surface area contributed by atoms with E-state index in [1.54, 1.807) is 0 Å². The zero-order valence-corrected chi connectivity index (χ0v) is 11.6. The van der Waals surface area contributed by atoms with Gasteiger partial charge in [-0.2, -0.15) is 0 Å². The van der Waals surface area contributed by atoms with E-state index in [2.05, 4.69) is 30.3 Å². The number of benzene rings is 1. The first-order valence-electron chi connectivity index (χ1n) is 7.63. The van der Waals surface area contributed by atoms with Crippen molar-refractivity contribution in [1.82, 2.24) is 0 Å². The molecule has 2 heteroatoms. The van der Waals surface area contributed by atoms with E-state index in [-0.39, 0.29) is 0 Å². The Morgan fingerprint density at radius 1 is 0.947 bits per heavy atom. The van der Waals surface area contributed by atoms with Crippen LogP contribution in [0, 0.1) is 5.92 Å². The molecule has 1 aromatic carbocycles. The van der Waals surface area contributed by atoms with E-state index < -0.39 is 5.60 Å². The van der Waals surface area contributed by atoms with Gasteiger partial charge in [-0.1, -0.05) is 30.3 Å². The van der Waals surface area contributed by atoms with Gasteiger partial charge in [0.15, 0.2) is 0 Å². The molecule has 2 fully saturated rings. The lowest BCUT2D eigenvalue weighted by Crippen LogP contribution is -2.43. The first-order chi connectivity index (χ1) is 9.28. The normalized spacial score (nSPS) is 33.2. The summed E-state index contributed by atoms with van der Waals surface area (Å²) in [5, 5.41) is 10.9. The van der Waals surface area contributed by atoms with Crippen LogP contribution in [0.1, 0.15) is 50.0 Å². The molecule has 0 spiro atoms. The Labute approximate surface area is 115 Å².